The normalized spacial score (nSPS) is 19.4. The van der Waals surface area contributed by atoms with Gasteiger partial charge in [-0.05, 0) is 53.6 Å². The molecule has 2 aromatic carbocycles. The van der Waals surface area contributed by atoms with E-state index in [4.69, 9.17) is 0 Å². The van der Waals surface area contributed by atoms with Gasteiger partial charge in [-0.2, -0.15) is 0 Å². The lowest BCUT2D eigenvalue weighted by Gasteiger charge is -2.32. The number of fused-ring (bicyclic) bond motifs is 3. The van der Waals surface area contributed by atoms with Crippen molar-refractivity contribution in [1.82, 2.24) is 0 Å². The topological polar surface area (TPSA) is 20.2 Å². The number of hydrogen-bond donors (Lipinski definition) is 1. The summed E-state index contributed by atoms with van der Waals surface area (Å²) < 4.78 is 1.14. The van der Waals surface area contributed by atoms with E-state index < -0.39 is 0 Å². The Balaban J connectivity index is 2.24. The monoisotopic (exact) mass is 344 g/mol. The fraction of sp³-hybridized carbons (Fsp3) is 0.368. The summed E-state index contributed by atoms with van der Waals surface area (Å²) >= 11 is 3.63. The van der Waals surface area contributed by atoms with Crippen LogP contribution in [0.4, 0.5) is 0 Å². The van der Waals surface area contributed by atoms with Gasteiger partial charge in [0.15, 0.2) is 0 Å². The van der Waals surface area contributed by atoms with Crippen LogP contribution in [0.1, 0.15) is 43.7 Å². The average Bonchev–Trinajstić information content (AvgIpc) is 2.76. The maximum atomic E-state index is 9.35. The molecule has 1 aliphatic rings. The second kappa shape index (κ2) is 5.94. The average molecular weight is 345 g/mol. The molecular weight excluding hydrogens is 324 g/mol. The fourth-order valence-corrected chi connectivity index (χ4v) is 4.26. The van der Waals surface area contributed by atoms with Gasteiger partial charge in [-0.3, -0.25) is 0 Å². The second-order valence-electron chi connectivity index (χ2n) is 5.89. The van der Waals surface area contributed by atoms with Gasteiger partial charge in [-0.1, -0.05) is 59.6 Å². The van der Waals surface area contributed by atoms with E-state index in [-0.39, 0.29) is 12.0 Å². The van der Waals surface area contributed by atoms with Crippen LogP contribution in [0.2, 0.25) is 0 Å². The predicted octanol–water partition coefficient (Wildman–Crippen LogP) is 5.29. The summed E-state index contributed by atoms with van der Waals surface area (Å²) in [5.74, 6) is 0. The highest BCUT2D eigenvalue weighted by atomic mass is 79.9. The molecule has 0 aromatic heterocycles. The Bertz CT molecular complexity index is 650. The van der Waals surface area contributed by atoms with Crippen molar-refractivity contribution in [3.63, 3.8) is 0 Å². The molecule has 0 spiro atoms. The second-order valence-corrected chi connectivity index (χ2v) is 6.81. The van der Waals surface area contributed by atoms with Gasteiger partial charge in [0.2, 0.25) is 0 Å². The Morgan fingerprint density at radius 1 is 1.00 bits per heavy atom. The van der Waals surface area contributed by atoms with Gasteiger partial charge >= 0.3 is 0 Å². The molecule has 0 saturated heterocycles. The summed E-state index contributed by atoms with van der Waals surface area (Å²) in [6.07, 6.45) is 4.14. The highest BCUT2D eigenvalue weighted by Crippen LogP contribution is 2.54. The Morgan fingerprint density at radius 3 is 2.52 bits per heavy atom. The zero-order chi connectivity index (χ0) is 14.9. The zero-order valence-corrected chi connectivity index (χ0v) is 14.0. The van der Waals surface area contributed by atoms with Crippen LogP contribution in [-0.4, -0.2) is 11.7 Å². The number of halogens is 1. The Morgan fingerprint density at radius 2 is 1.76 bits per heavy atom. The number of benzene rings is 2. The molecule has 0 fully saturated rings. The Kier molecular flexibility index (Phi) is 4.19. The van der Waals surface area contributed by atoms with Crippen LogP contribution in [0.3, 0.4) is 0 Å². The molecule has 0 bridgehead atoms. The van der Waals surface area contributed by atoms with Gasteiger partial charge in [0.05, 0.1) is 0 Å². The van der Waals surface area contributed by atoms with Crippen LogP contribution in [-0.2, 0) is 5.41 Å². The molecule has 1 atom stereocenters. The molecule has 1 aliphatic carbocycles. The van der Waals surface area contributed by atoms with Crippen LogP contribution >= 0.6 is 15.9 Å². The van der Waals surface area contributed by atoms with Crippen LogP contribution in [0.15, 0.2) is 46.9 Å². The smallest absolute Gasteiger partial charge is 0.0431 e. The molecule has 3 rings (SSSR count). The number of rotatable bonds is 5. The first-order valence-electron chi connectivity index (χ1n) is 7.73. The van der Waals surface area contributed by atoms with Crippen LogP contribution < -0.4 is 0 Å². The van der Waals surface area contributed by atoms with E-state index >= 15 is 0 Å². The van der Waals surface area contributed by atoms with Gasteiger partial charge in [-0.15, -0.1) is 0 Å². The quantitative estimate of drug-likeness (QED) is 0.781. The van der Waals surface area contributed by atoms with Crippen molar-refractivity contribution in [3.05, 3.63) is 58.1 Å². The lowest BCUT2D eigenvalue weighted by atomic mass is 9.71. The van der Waals surface area contributed by atoms with Crippen molar-refractivity contribution in [2.45, 2.75) is 38.0 Å². The maximum absolute atomic E-state index is 9.35. The molecule has 1 N–H and O–H groups in total. The minimum absolute atomic E-state index is 0.0627. The Hall–Kier alpha value is -1.12. The zero-order valence-electron chi connectivity index (χ0n) is 12.4. The lowest BCUT2D eigenvalue weighted by Crippen LogP contribution is -2.25. The highest BCUT2D eigenvalue weighted by Gasteiger charge is 2.41. The van der Waals surface area contributed by atoms with Gasteiger partial charge in [0.1, 0.15) is 0 Å². The fourth-order valence-electron chi connectivity index (χ4n) is 3.90. The summed E-state index contributed by atoms with van der Waals surface area (Å²) in [6.45, 7) is 2.51. The van der Waals surface area contributed by atoms with Gasteiger partial charge < -0.3 is 5.11 Å². The molecule has 0 saturated carbocycles. The van der Waals surface area contributed by atoms with E-state index in [2.05, 4.69) is 65.3 Å². The van der Waals surface area contributed by atoms with Crippen LogP contribution in [0.25, 0.3) is 11.1 Å². The first kappa shape index (κ1) is 14.8. The standard InChI is InChI=1S/C19H21BrO/c1-2-10-19(11-5-12-21)17-7-4-3-6-15(17)16-9-8-14(20)13-18(16)19/h3-4,6-9,13,21H,2,5,10-12H2,1H3. The predicted molar refractivity (Wildman–Crippen MR) is 91.6 cm³/mol. The molecule has 0 amide bonds. The van der Waals surface area contributed by atoms with Crippen molar-refractivity contribution in [2.75, 3.05) is 6.61 Å². The molecule has 110 valence electrons. The number of aliphatic hydroxyl groups excluding tert-OH is 1. The van der Waals surface area contributed by atoms with Gasteiger partial charge in [0, 0.05) is 16.5 Å². The van der Waals surface area contributed by atoms with Crippen molar-refractivity contribution < 1.29 is 5.11 Å². The van der Waals surface area contributed by atoms with E-state index in [9.17, 15) is 5.11 Å². The third-order valence-corrected chi connectivity index (χ3v) is 5.16. The van der Waals surface area contributed by atoms with E-state index in [0.29, 0.717) is 0 Å². The van der Waals surface area contributed by atoms with Gasteiger partial charge in [0.25, 0.3) is 0 Å². The molecule has 1 nitrogen and oxygen atoms in total. The summed E-state index contributed by atoms with van der Waals surface area (Å²) in [5.41, 5.74) is 5.65. The van der Waals surface area contributed by atoms with Crippen molar-refractivity contribution in [2.24, 2.45) is 0 Å². The molecular formula is C19H21BrO. The van der Waals surface area contributed by atoms with E-state index in [0.717, 1.165) is 30.2 Å². The number of hydrogen-bond acceptors (Lipinski definition) is 1. The van der Waals surface area contributed by atoms with Crippen molar-refractivity contribution >= 4 is 15.9 Å². The van der Waals surface area contributed by atoms with E-state index in [1.165, 1.54) is 22.3 Å². The van der Waals surface area contributed by atoms with E-state index in [1.807, 2.05) is 0 Å². The molecule has 0 heterocycles. The molecule has 0 aliphatic heterocycles. The summed E-state index contributed by atoms with van der Waals surface area (Å²) in [7, 11) is 0. The minimum Gasteiger partial charge on any atom is -0.396 e. The summed E-state index contributed by atoms with van der Waals surface area (Å²) in [5, 5.41) is 9.35. The van der Waals surface area contributed by atoms with Crippen LogP contribution in [0, 0.1) is 0 Å². The number of aliphatic hydroxyl groups is 1. The molecule has 0 radical (unpaired) electrons. The minimum atomic E-state index is 0.0627. The molecule has 2 aromatic rings. The summed E-state index contributed by atoms with van der Waals surface area (Å²) in [4.78, 5) is 0. The lowest BCUT2D eigenvalue weighted by molar-refractivity contribution is 0.266. The van der Waals surface area contributed by atoms with E-state index in [1.54, 1.807) is 0 Å². The highest BCUT2D eigenvalue weighted by molar-refractivity contribution is 9.10. The van der Waals surface area contributed by atoms with Crippen molar-refractivity contribution in [1.29, 1.82) is 0 Å². The SMILES string of the molecule is CCCC1(CCCO)c2ccccc2-c2ccc(Br)cc21. The third kappa shape index (κ3) is 2.35. The molecule has 21 heavy (non-hydrogen) atoms. The first-order chi connectivity index (χ1) is 10.2. The largest absolute Gasteiger partial charge is 0.396 e. The molecule has 1 unspecified atom stereocenters. The Labute approximate surface area is 135 Å². The van der Waals surface area contributed by atoms with Gasteiger partial charge in [-0.25, -0.2) is 0 Å². The first-order valence-corrected chi connectivity index (χ1v) is 8.53. The summed E-state index contributed by atoms with van der Waals surface area (Å²) in [6, 6.07) is 15.4. The van der Waals surface area contributed by atoms with Crippen molar-refractivity contribution in [3.8, 4) is 11.1 Å². The maximum Gasteiger partial charge on any atom is 0.0431 e. The third-order valence-electron chi connectivity index (χ3n) is 4.67. The van der Waals surface area contributed by atoms with Crippen LogP contribution in [0.5, 0.6) is 0 Å². The molecule has 2 heteroatoms.